The molecule has 92 valence electrons. The maximum Gasteiger partial charge on any atom is 0.390 e. The second kappa shape index (κ2) is 4.91. The van der Waals surface area contributed by atoms with E-state index >= 15 is 0 Å². The third-order valence-corrected chi connectivity index (χ3v) is 2.32. The molecule has 1 unspecified atom stereocenters. The minimum Gasteiger partial charge on any atom is -0.466 e. The molecule has 0 radical (unpaired) electrons. The number of halogens is 3. The van der Waals surface area contributed by atoms with E-state index < -0.39 is 18.6 Å². The Balaban J connectivity index is 2.43. The minimum absolute atomic E-state index is 0.403. The molecule has 1 aromatic heterocycles. The summed E-state index contributed by atoms with van der Waals surface area (Å²) >= 11 is 0. The number of aryl methyl sites for hydroxylation is 2. The molecule has 1 atom stereocenters. The van der Waals surface area contributed by atoms with Crippen molar-refractivity contribution in [1.82, 2.24) is 5.32 Å². The second-order valence-electron chi connectivity index (χ2n) is 4.04. The van der Waals surface area contributed by atoms with E-state index in [4.69, 9.17) is 4.42 Å². The highest BCUT2D eigenvalue weighted by atomic mass is 19.4. The molecule has 0 aliphatic rings. The van der Waals surface area contributed by atoms with E-state index in [9.17, 15) is 13.2 Å². The predicted molar refractivity (Wildman–Crippen MR) is 55.2 cm³/mol. The zero-order valence-electron chi connectivity index (χ0n) is 9.61. The molecule has 0 bridgehead atoms. The van der Waals surface area contributed by atoms with Crippen LogP contribution in [-0.2, 0) is 6.54 Å². The predicted octanol–water partition coefficient (Wildman–Crippen LogP) is 3.33. The van der Waals surface area contributed by atoms with E-state index in [1.165, 1.54) is 6.92 Å². The molecule has 0 aliphatic heterocycles. The first-order valence-corrected chi connectivity index (χ1v) is 5.14. The van der Waals surface area contributed by atoms with Gasteiger partial charge in [0.1, 0.15) is 11.5 Å². The Hall–Kier alpha value is -0.970. The molecule has 0 saturated heterocycles. The normalized spacial score (nSPS) is 14.1. The van der Waals surface area contributed by atoms with Crippen LogP contribution < -0.4 is 5.32 Å². The summed E-state index contributed by atoms with van der Waals surface area (Å²) in [6.07, 6.45) is -4.93. The van der Waals surface area contributed by atoms with Gasteiger partial charge < -0.3 is 9.73 Å². The Morgan fingerprint density at radius 2 is 2.00 bits per heavy atom. The highest BCUT2D eigenvalue weighted by Crippen LogP contribution is 2.21. The maximum atomic E-state index is 12.1. The van der Waals surface area contributed by atoms with Crippen molar-refractivity contribution in [3.8, 4) is 0 Å². The number of alkyl halides is 3. The molecule has 5 heteroatoms. The first kappa shape index (κ1) is 13.1. The largest absolute Gasteiger partial charge is 0.466 e. The van der Waals surface area contributed by atoms with E-state index in [0.717, 1.165) is 17.1 Å². The Bertz CT molecular complexity index is 343. The summed E-state index contributed by atoms with van der Waals surface area (Å²) < 4.78 is 41.5. The average molecular weight is 235 g/mol. The van der Waals surface area contributed by atoms with Crippen molar-refractivity contribution < 1.29 is 17.6 Å². The van der Waals surface area contributed by atoms with Crippen molar-refractivity contribution in [2.75, 3.05) is 0 Å². The Morgan fingerprint density at radius 1 is 1.38 bits per heavy atom. The van der Waals surface area contributed by atoms with Gasteiger partial charge in [0, 0.05) is 18.2 Å². The molecular formula is C11H16F3NO. The van der Waals surface area contributed by atoms with Crippen LogP contribution in [0.25, 0.3) is 0 Å². The first-order valence-electron chi connectivity index (χ1n) is 5.14. The summed E-state index contributed by atoms with van der Waals surface area (Å²) in [4.78, 5) is 0. The van der Waals surface area contributed by atoms with E-state index in [2.05, 4.69) is 5.32 Å². The van der Waals surface area contributed by atoms with E-state index in [-0.39, 0.29) is 0 Å². The summed E-state index contributed by atoms with van der Waals surface area (Å²) in [5.41, 5.74) is 0.909. The van der Waals surface area contributed by atoms with Gasteiger partial charge in [0.15, 0.2) is 0 Å². The van der Waals surface area contributed by atoms with Gasteiger partial charge in [-0.25, -0.2) is 0 Å². The lowest BCUT2D eigenvalue weighted by molar-refractivity contribution is -0.139. The zero-order valence-corrected chi connectivity index (χ0v) is 9.61. The zero-order chi connectivity index (χ0) is 12.3. The van der Waals surface area contributed by atoms with E-state index in [1.54, 1.807) is 6.92 Å². The molecule has 0 amide bonds. The molecule has 0 aliphatic carbocycles. The van der Waals surface area contributed by atoms with Crippen LogP contribution in [0.2, 0.25) is 0 Å². The smallest absolute Gasteiger partial charge is 0.390 e. The highest BCUT2D eigenvalue weighted by Gasteiger charge is 2.29. The first-order chi connectivity index (χ1) is 7.28. The van der Waals surface area contributed by atoms with Gasteiger partial charge in [-0.05, 0) is 26.8 Å². The van der Waals surface area contributed by atoms with Gasteiger partial charge in [-0.15, -0.1) is 0 Å². The van der Waals surface area contributed by atoms with Crippen LogP contribution in [0.4, 0.5) is 13.2 Å². The molecule has 0 fully saturated rings. The molecule has 1 N–H and O–H groups in total. The number of hydrogen-bond donors (Lipinski definition) is 1. The standard InChI is InChI=1S/C11H16F3NO/c1-7(5-11(12,13)14)15-6-10-4-8(2)16-9(10)3/h4,7,15H,5-6H2,1-3H3. The van der Waals surface area contributed by atoms with E-state index in [0.29, 0.717) is 6.54 Å². The van der Waals surface area contributed by atoms with Crippen LogP contribution in [0.5, 0.6) is 0 Å². The highest BCUT2D eigenvalue weighted by molar-refractivity contribution is 5.19. The summed E-state index contributed by atoms with van der Waals surface area (Å²) in [5, 5.41) is 2.83. The third kappa shape index (κ3) is 4.26. The van der Waals surface area contributed by atoms with Crippen LogP contribution in [0.15, 0.2) is 10.5 Å². The van der Waals surface area contributed by atoms with Gasteiger partial charge in [-0.1, -0.05) is 0 Å². The third-order valence-electron chi connectivity index (χ3n) is 2.32. The molecule has 16 heavy (non-hydrogen) atoms. The fraction of sp³-hybridized carbons (Fsp3) is 0.636. The lowest BCUT2D eigenvalue weighted by Gasteiger charge is -2.15. The Kier molecular flexibility index (Phi) is 4.02. The summed E-state index contributed by atoms with van der Waals surface area (Å²) in [6, 6.07) is 1.25. The summed E-state index contributed by atoms with van der Waals surface area (Å²) in [5.74, 6) is 1.53. The van der Waals surface area contributed by atoms with Crippen LogP contribution in [-0.4, -0.2) is 12.2 Å². The second-order valence-corrected chi connectivity index (χ2v) is 4.04. The van der Waals surface area contributed by atoms with Crippen molar-refractivity contribution in [1.29, 1.82) is 0 Å². The number of rotatable bonds is 4. The topological polar surface area (TPSA) is 25.2 Å². The van der Waals surface area contributed by atoms with Gasteiger partial charge in [0.25, 0.3) is 0 Å². The molecule has 1 aromatic rings. The van der Waals surface area contributed by atoms with Gasteiger partial charge in [-0.3, -0.25) is 0 Å². The van der Waals surface area contributed by atoms with Crippen molar-refractivity contribution in [2.24, 2.45) is 0 Å². The summed E-state index contributed by atoms with van der Waals surface area (Å²) in [7, 11) is 0. The maximum absolute atomic E-state index is 12.1. The fourth-order valence-electron chi connectivity index (χ4n) is 1.56. The van der Waals surface area contributed by atoms with Crippen molar-refractivity contribution in [3.05, 3.63) is 23.2 Å². The molecule has 0 saturated carbocycles. The minimum atomic E-state index is -4.12. The quantitative estimate of drug-likeness (QED) is 0.866. The van der Waals surface area contributed by atoms with Crippen molar-refractivity contribution in [2.45, 2.75) is 46.0 Å². The van der Waals surface area contributed by atoms with Crippen molar-refractivity contribution in [3.63, 3.8) is 0 Å². The lowest BCUT2D eigenvalue weighted by Crippen LogP contribution is -2.30. The molecular weight excluding hydrogens is 219 g/mol. The van der Waals surface area contributed by atoms with Crippen molar-refractivity contribution >= 4 is 0 Å². The number of hydrogen-bond acceptors (Lipinski definition) is 2. The van der Waals surface area contributed by atoms with Crippen LogP contribution in [0.1, 0.15) is 30.4 Å². The fourth-order valence-corrected chi connectivity index (χ4v) is 1.56. The van der Waals surface area contributed by atoms with Crippen LogP contribution in [0.3, 0.4) is 0 Å². The molecule has 1 heterocycles. The monoisotopic (exact) mass is 235 g/mol. The number of nitrogens with one attached hydrogen (secondary N) is 1. The van der Waals surface area contributed by atoms with Gasteiger partial charge >= 0.3 is 6.18 Å². The van der Waals surface area contributed by atoms with E-state index in [1.807, 2.05) is 13.0 Å². The molecule has 1 rings (SSSR count). The average Bonchev–Trinajstić information content (AvgIpc) is 2.38. The van der Waals surface area contributed by atoms with Crippen LogP contribution >= 0.6 is 0 Å². The van der Waals surface area contributed by atoms with Gasteiger partial charge in [0.2, 0.25) is 0 Å². The molecule has 0 aromatic carbocycles. The van der Waals surface area contributed by atoms with Crippen LogP contribution in [0, 0.1) is 13.8 Å². The molecule has 0 spiro atoms. The number of furan rings is 1. The Morgan fingerprint density at radius 3 is 2.44 bits per heavy atom. The summed E-state index contributed by atoms with van der Waals surface area (Å²) in [6.45, 7) is 5.55. The Labute approximate surface area is 92.8 Å². The lowest BCUT2D eigenvalue weighted by atomic mass is 10.2. The van der Waals surface area contributed by atoms with Gasteiger partial charge in [0.05, 0.1) is 6.42 Å². The van der Waals surface area contributed by atoms with Gasteiger partial charge in [-0.2, -0.15) is 13.2 Å². The molecule has 2 nitrogen and oxygen atoms in total. The SMILES string of the molecule is Cc1cc(CNC(C)CC(F)(F)F)c(C)o1.